The standard InChI is InChI=1S/C22H33IN6O2.C17H25IN6/c1-14-11-27(9-10-28(14)21(30)31-22(2,3)4)15-5-7-16(8-6-15)29-12-17(23)18-19(24)25-13-26-20(18)29;1-11-8-23(7-6-20-11)12-2-4-13(5-3-12)24-9-14(18)15-16(19)21-10-22-17(15)24/h12-16H,5-11H2,1-4H3,(H2,24,25,26);9-13,20H,2-8H2,1H3,(H2,19,21,22)/t14-,15?,16?;11-,12?,13?/m00/s1. The van der Waals surface area contributed by atoms with Crippen LogP contribution in [-0.2, 0) is 4.74 Å². The Balaban J connectivity index is 0.000000174. The molecule has 0 radical (unpaired) electrons. The number of rotatable bonds is 4. The molecule has 2 saturated carbocycles. The summed E-state index contributed by atoms with van der Waals surface area (Å²) in [5.74, 6) is 1.14. The first-order valence-electron chi connectivity index (χ1n) is 20.0. The molecule has 8 rings (SSSR count). The van der Waals surface area contributed by atoms with Crippen LogP contribution in [-0.4, -0.2) is 119 Å². The van der Waals surface area contributed by atoms with E-state index < -0.39 is 5.60 Å². The largest absolute Gasteiger partial charge is 0.444 e. The fourth-order valence-electron chi connectivity index (χ4n) is 9.29. The Kier molecular flexibility index (Phi) is 12.7. The molecule has 0 spiro atoms. The SMILES string of the molecule is C[C@H]1CN(C2CCC(n3cc(I)c4c(N)ncnc43)CC2)CCN1.C[C@H]1CN(C2CCC(n3cc(I)c4c(N)ncnc43)CC2)CCN1C(=O)OC(C)(C)C. The van der Waals surface area contributed by atoms with Crippen molar-refractivity contribution in [1.29, 1.82) is 0 Å². The molecule has 0 aromatic carbocycles. The second-order valence-corrected chi connectivity index (χ2v) is 19.3. The zero-order chi connectivity index (χ0) is 39.0. The normalized spacial score (nSPS) is 27.2. The zero-order valence-corrected chi connectivity index (χ0v) is 37.2. The van der Waals surface area contributed by atoms with Crippen molar-refractivity contribution in [3.63, 3.8) is 0 Å². The summed E-state index contributed by atoms with van der Waals surface area (Å²) >= 11 is 4.67. The number of nitrogen functional groups attached to an aromatic ring is 2. The van der Waals surface area contributed by atoms with Crippen LogP contribution in [0.15, 0.2) is 25.0 Å². The van der Waals surface area contributed by atoms with Crippen LogP contribution in [0.5, 0.6) is 0 Å². The summed E-state index contributed by atoms with van der Waals surface area (Å²) in [5, 5.41) is 5.52. The highest BCUT2D eigenvalue weighted by molar-refractivity contribution is 14.1. The average molecular weight is 981 g/mol. The van der Waals surface area contributed by atoms with Gasteiger partial charge in [0.25, 0.3) is 0 Å². The van der Waals surface area contributed by atoms with Crippen LogP contribution in [0.2, 0.25) is 0 Å². The van der Waals surface area contributed by atoms with Crippen LogP contribution < -0.4 is 16.8 Å². The molecule has 1 amide bonds. The molecule has 2 saturated heterocycles. The lowest BCUT2D eigenvalue weighted by molar-refractivity contribution is -0.00810. The van der Waals surface area contributed by atoms with Gasteiger partial charge in [0, 0.05) is 95.1 Å². The van der Waals surface area contributed by atoms with Crippen molar-refractivity contribution in [3.8, 4) is 0 Å². The minimum Gasteiger partial charge on any atom is -0.444 e. The van der Waals surface area contributed by atoms with E-state index in [1.807, 2.05) is 25.7 Å². The summed E-state index contributed by atoms with van der Waals surface area (Å²) < 4.78 is 12.5. The molecule has 6 heterocycles. The first-order chi connectivity index (χ1) is 26.3. The molecular weight excluding hydrogens is 922 g/mol. The number of nitrogens with one attached hydrogen (secondary N) is 1. The Morgan fingerprint density at radius 1 is 0.727 bits per heavy atom. The lowest BCUT2D eigenvalue weighted by Crippen LogP contribution is -2.57. The van der Waals surface area contributed by atoms with E-state index >= 15 is 0 Å². The number of carbonyl (C=O) groups excluding carboxylic acids is 1. The summed E-state index contributed by atoms with van der Waals surface area (Å²) in [7, 11) is 0. The molecule has 0 unspecified atom stereocenters. The monoisotopic (exact) mass is 980 g/mol. The highest BCUT2D eigenvalue weighted by atomic mass is 127. The van der Waals surface area contributed by atoms with Crippen LogP contribution in [0.25, 0.3) is 22.1 Å². The first kappa shape index (κ1) is 40.6. The molecule has 2 aliphatic heterocycles. The Bertz CT molecular complexity index is 1950. The predicted octanol–water partition coefficient (Wildman–Crippen LogP) is 6.44. The van der Waals surface area contributed by atoms with Crippen molar-refractivity contribution in [2.24, 2.45) is 0 Å². The summed E-state index contributed by atoms with van der Waals surface area (Å²) in [4.78, 5) is 37.0. The summed E-state index contributed by atoms with van der Waals surface area (Å²) in [5.41, 5.74) is 13.6. The molecule has 4 fully saturated rings. The van der Waals surface area contributed by atoms with Crippen molar-refractivity contribution in [2.75, 3.05) is 50.7 Å². The average Bonchev–Trinajstić information content (AvgIpc) is 3.68. The molecule has 4 aliphatic rings. The predicted molar refractivity (Wildman–Crippen MR) is 235 cm³/mol. The molecule has 0 bridgehead atoms. The number of hydrogen-bond donors (Lipinski definition) is 3. The minimum atomic E-state index is -0.456. The van der Waals surface area contributed by atoms with Gasteiger partial charge in [-0.25, -0.2) is 24.7 Å². The van der Waals surface area contributed by atoms with Crippen molar-refractivity contribution in [1.82, 2.24) is 49.1 Å². The van der Waals surface area contributed by atoms with Gasteiger partial charge in [-0.1, -0.05) is 0 Å². The lowest BCUT2D eigenvalue weighted by Gasteiger charge is -2.45. The van der Waals surface area contributed by atoms with Gasteiger partial charge in [-0.15, -0.1) is 0 Å². The number of amides is 1. The summed E-state index contributed by atoms with van der Waals surface area (Å²) in [6.45, 7) is 16.2. The number of fused-ring (bicyclic) bond motifs is 2. The molecule has 4 aromatic heterocycles. The van der Waals surface area contributed by atoms with E-state index in [1.54, 1.807) is 12.7 Å². The highest BCUT2D eigenvalue weighted by Gasteiger charge is 2.36. The lowest BCUT2D eigenvalue weighted by atomic mass is 9.89. The van der Waals surface area contributed by atoms with Gasteiger partial charge in [-0.05, 0) is 131 Å². The Morgan fingerprint density at radius 3 is 1.65 bits per heavy atom. The summed E-state index contributed by atoms with van der Waals surface area (Å²) in [6, 6.07) is 3.06. The van der Waals surface area contributed by atoms with E-state index in [9.17, 15) is 4.79 Å². The van der Waals surface area contributed by atoms with Crippen LogP contribution in [0.4, 0.5) is 16.4 Å². The van der Waals surface area contributed by atoms with E-state index in [4.69, 9.17) is 16.2 Å². The maximum absolute atomic E-state index is 12.5. The fraction of sp³-hybridized carbons (Fsp3) is 0.667. The van der Waals surface area contributed by atoms with Gasteiger partial charge in [-0.2, -0.15) is 0 Å². The first-order valence-corrected chi connectivity index (χ1v) is 22.2. The maximum Gasteiger partial charge on any atom is 0.410 e. The van der Waals surface area contributed by atoms with Crippen LogP contribution >= 0.6 is 45.2 Å². The molecule has 4 aromatic rings. The van der Waals surface area contributed by atoms with Gasteiger partial charge in [-0.3, -0.25) is 9.80 Å². The van der Waals surface area contributed by atoms with Crippen molar-refractivity contribution in [3.05, 3.63) is 32.2 Å². The van der Waals surface area contributed by atoms with Crippen molar-refractivity contribution in [2.45, 2.75) is 128 Å². The number of halogens is 2. The van der Waals surface area contributed by atoms with Gasteiger partial charge in [0.2, 0.25) is 0 Å². The van der Waals surface area contributed by atoms with Crippen LogP contribution in [0.3, 0.4) is 0 Å². The second-order valence-electron chi connectivity index (χ2n) is 17.0. The van der Waals surface area contributed by atoms with Gasteiger partial charge >= 0.3 is 6.09 Å². The van der Waals surface area contributed by atoms with Crippen LogP contribution in [0, 0.1) is 7.14 Å². The third kappa shape index (κ3) is 9.12. The van der Waals surface area contributed by atoms with E-state index in [2.05, 4.69) is 116 Å². The number of nitrogens with two attached hydrogens (primary N) is 2. The Hall–Kier alpha value is -2.55. The highest BCUT2D eigenvalue weighted by Crippen LogP contribution is 2.38. The van der Waals surface area contributed by atoms with Gasteiger partial charge in [0.1, 0.15) is 41.2 Å². The Morgan fingerprint density at radius 2 is 1.20 bits per heavy atom. The van der Waals surface area contributed by atoms with E-state index in [1.165, 1.54) is 38.8 Å². The summed E-state index contributed by atoms with van der Waals surface area (Å²) in [6.07, 6.45) is 16.8. The van der Waals surface area contributed by atoms with Gasteiger partial charge in [0.15, 0.2) is 0 Å². The van der Waals surface area contributed by atoms with Gasteiger partial charge < -0.3 is 35.6 Å². The second kappa shape index (κ2) is 17.1. The van der Waals surface area contributed by atoms with Crippen molar-refractivity contribution < 1.29 is 9.53 Å². The van der Waals surface area contributed by atoms with Crippen LogP contribution in [0.1, 0.15) is 98.1 Å². The third-order valence-corrected chi connectivity index (χ3v) is 13.7. The van der Waals surface area contributed by atoms with Gasteiger partial charge in [0.05, 0.1) is 10.8 Å². The third-order valence-electron chi connectivity index (χ3n) is 12.0. The molecule has 2 aliphatic carbocycles. The number of hydrogen-bond acceptors (Lipinski definition) is 11. The molecular formula is C39H58I2N12O2. The van der Waals surface area contributed by atoms with E-state index in [0.29, 0.717) is 35.8 Å². The quantitative estimate of drug-likeness (QED) is 0.193. The zero-order valence-electron chi connectivity index (χ0n) is 32.9. The molecule has 55 heavy (non-hydrogen) atoms. The molecule has 5 N–H and O–H groups in total. The minimum absolute atomic E-state index is 0.163. The Labute approximate surface area is 352 Å². The number of nitrogens with zero attached hydrogens (tertiary/aromatic N) is 9. The number of ether oxygens (including phenoxy) is 1. The fourth-order valence-corrected chi connectivity index (χ4v) is 10.9. The number of aromatic nitrogens is 6. The topological polar surface area (TPSA) is 162 Å². The molecule has 2 atom stereocenters. The molecule has 16 heteroatoms. The number of piperazine rings is 2. The number of anilines is 2. The van der Waals surface area contributed by atoms with E-state index in [0.717, 1.165) is 87.1 Å². The van der Waals surface area contributed by atoms with E-state index in [-0.39, 0.29) is 12.1 Å². The van der Waals surface area contributed by atoms with Crippen molar-refractivity contribution >= 4 is 85.0 Å². The maximum atomic E-state index is 12.5. The smallest absolute Gasteiger partial charge is 0.410 e. The number of carbonyl (C=O) groups is 1. The molecule has 14 nitrogen and oxygen atoms in total. The molecule has 300 valence electrons.